The van der Waals surface area contributed by atoms with Crippen LogP contribution >= 0.6 is 0 Å². The predicted molar refractivity (Wildman–Crippen MR) is 175 cm³/mol. The molecule has 1 fully saturated rings. The first kappa shape index (κ1) is 45.1. The predicted octanol–water partition coefficient (Wildman–Crippen LogP) is -1.53. The van der Waals surface area contributed by atoms with Crippen LogP contribution in [0.25, 0.3) is 0 Å². The number of rotatable bonds is 33. The molecule has 0 aromatic heterocycles. The molecule has 0 bridgehead atoms. The highest BCUT2D eigenvalue weighted by Gasteiger charge is 2.34. The van der Waals surface area contributed by atoms with Crippen molar-refractivity contribution < 1.29 is 86.1 Å². The van der Waals surface area contributed by atoms with Gasteiger partial charge in [-0.2, -0.15) is 0 Å². The van der Waals surface area contributed by atoms with Crippen LogP contribution in [0.3, 0.4) is 0 Å². The number of ether oxygens (including phenoxy) is 9. The Morgan fingerprint density at radius 3 is 1.47 bits per heavy atom. The standard InChI is InChI=1S/C32H49N3O18/c36-26(5-7-34-27(37)1-2-28(34)38)33-6-8-44-9-10-45-11-12-46-13-14-47-15-16-48-17-18-49-19-20-50-21-22-51-23-25(31(41)42)24-52-32(43)53-35-29(39)3-4-30(35)40/h1-2,25H,3-24H2,(H,33,36)(H,41,42). The lowest BCUT2D eigenvalue weighted by Gasteiger charge is -2.15. The van der Waals surface area contributed by atoms with Gasteiger partial charge in [-0.1, -0.05) is 5.06 Å². The molecule has 1 unspecified atom stereocenters. The van der Waals surface area contributed by atoms with Gasteiger partial charge in [0.1, 0.15) is 12.5 Å². The molecule has 0 saturated carbocycles. The van der Waals surface area contributed by atoms with Crippen LogP contribution in [-0.2, 0) is 76.2 Å². The number of hydrogen-bond acceptors (Lipinski definition) is 17. The van der Waals surface area contributed by atoms with Crippen molar-refractivity contribution in [3.8, 4) is 0 Å². The summed E-state index contributed by atoms with van der Waals surface area (Å²) < 4.78 is 47.7. The van der Waals surface area contributed by atoms with Crippen LogP contribution in [0.2, 0.25) is 0 Å². The van der Waals surface area contributed by atoms with Gasteiger partial charge >= 0.3 is 12.1 Å². The van der Waals surface area contributed by atoms with Gasteiger partial charge in [-0.05, 0) is 0 Å². The summed E-state index contributed by atoms with van der Waals surface area (Å²) in [6, 6.07) is 0. The Morgan fingerprint density at radius 2 is 1.04 bits per heavy atom. The van der Waals surface area contributed by atoms with Crippen molar-refractivity contribution >= 4 is 41.7 Å². The van der Waals surface area contributed by atoms with Gasteiger partial charge in [-0.3, -0.25) is 38.5 Å². The number of imide groups is 2. The summed E-state index contributed by atoms with van der Waals surface area (Å²) in [5, 5.41) is 12.2. The van der Waals surface area contributed by atoms with E-state index in [-0.39, 0.29) is 58.1 Å². The molecule has 21 heteroatoms. The first-order chi connectivity index (χ1) is 25.7. The molecule has 2 rings (SSSR count). The summed E-state index contributed by atoms with van der Waals surface area (Å²) in [7, 11) is 0. The second kappa shape index (κ2) is 28.4. The average molecular weight is 764 g/mol. The van der Waals surface area contributed by atoms with Crippen LogP contribution in [0.5, 0.6) is 0 Å². The largest absolute Gasteiger partial charge is 0.533 e. The maximum atomic E-state index is 11.8. The fraction of sp³-hybridized carbons (Fsp3) is 0.719. The van der Waals surface area contributed by atoms with Crippen molar-refractivity contribution in [2.75, 3.05) is 125 Å². The minimum absolute atomic E-state index is 0.0311. The molecule has 0 aliphatic carbocycles. The molecule has 300 valence electrons. The zero-order valence-corrected chi connectivity index (χ0v) is 29.6. The van der Waals surface area contributed by atoms with Crippen LogP contribution in [0.15, 0.2) is 12.2 Å². The lowest BCUT2D eigenvalue weighted by Crippen LogP contribution is -2.35. The topological polar surface area (TPSA) is 251 Å². The van der Waals surface area contributed by atoms with Crippen molar-refractivity contribution in [2.24, 2.45) is 5.92 Å². The molecule has 0 aromatic rings. The van der Waals surface area contributed by atoms with Crippen molar-refractivity contribution in [2.45, 2.75) is 19.3 Å². The number of amides is 5. The van der Waals surface area contributed by atoms with Gasteiger partial charge in [0.15, 0.2) is 0 Å². The van der Waals surface area contributed by atoms with E-state index < -0.39 is 48.3 Å². The SMILES string of the molecule is O=C(CCN1C(=O)C=CC1=O)NCCOCCOCCOCCOCCOCCOCCOCCOCC(COC(=O)ON1C(=O)CCC1=O)C(=O)O. The van der Waals surface area contributed by atoms with Crippen LogP contribution in [-0.4, -0.2) is 182 Å². The van der Waals surface area contributed by atoms with Gasteiger partial charge in [-0.25, -0.2) is 4.79 Å². The number of carbonyl (C=O) groups excluding carboxylic acids is 6. The molecule has 1 atom stereocenters. The number of carboxylic acid groups (broad SMARTS) is 1. The first-order valence-electron chi connectivity index (χ1n) is 17.0. The minimum atomic E-state index is -1.37. The summed E-state index contributed by atoms with van der Waals surface area (Å²) in [4.78, 5) is 86.1. The molecule has 53 heavy (non-hydrogen) atoms. The number of hydroxylamine groups is 2. The van der Waals surface area contributed by atoms with E-state index in [0.29, 0.717) is 90.9 Å². The Bertz CT molecular complexity index is 1150. The Hall–Kier alpha value is -4.09. The molecule has 1 saturated heterocycles. The van der Waals surface area contributed by atoms with E-state index in [1.54, 1.807) is 0 Å². The van der Waals surface area contributed by atoms with Crippen molar-refractivity contribution in [1.29, 1.82) is 0 Å². The van der Waals surface area contributed by atoms with E-state index in [4.69, 9.17) is 37.9 Å². The molecule has 2 heterocycles. The lowest BCUT2D eigenvalue weighted by atomic mass is 10.2. The molecule has 2 N–H and O–H groups in total. The summed E-state index contributed by atoms with van der Waals surface area (Å²) in [6.45, 7) is 4.53. The second-order valence-corrected chi connectivity index (χ2v) is 10.9. The van der Waals surface area contributed by atoms with E-state index in [1.807, 2.05) is 0 Å². The number of hydrogen-bond donors (Lipinski definition) is 2. The molecule has 2 aliphatic heterocycles. The molecular weight excluding hydrogens is 714 g/mol. The monoisotopic (exact) mass is 763 g/mol. The second-order valence-electron chi connectivity index (χ2n) is 10.9. The quantitative estimate of drug-likeness (QED) is 0.0437. The van der Waals surface area contributed by atoms with E-state index in [0.717, 1.165) is 4.90 Å². The maximum absolute atomic E-state index is 11.8. The average Bonchev–Trinajstić information content (AvgIpc) is 3.63. The van der Waals surface area contributed by atoms with E-state index in [1.165, 1.54) is 12.2 Å². The van der Waals surface area contributed by atoms with E-state index in [2.05, 4.69) is 14.9 Å². The normalized spacial score (nSPS) is 14.7. The van der Waals surface area contributed by atoms with Crippen LogP contribution in [0.4, 0.5) is 4.79 Å². The Labute approximate surface area is 305 Å². The van der Waals surface area contributed by atoms with Gasteiger partial charge in [0.25, 0.3) is 23.6 Å². The number of carbonyl (C=O) groups is 7. The summed E-state index contributed by atoms with van der Waals surface area (Å²) in [5.74, 6) is -4.93. The zero-order chi connectivity index (χ0) is 38.5. The van der Waals surface area contributed by atoms with Gasteiger partial charge in [0.2, 0.25) is 5.91 Å². The molecule has 21 nitrogen and oxygen atoms in total. The third-order valence-electron chi connectivity index (χ3n) is 6.88. The highest BCUT2D eigenvalue weighted by Crippen LogP contribution is 2.13. The highest BCUT2D eigenvalue weighted by atomic mass is 16.8. The fourth-order valence-electron chi connectivity index (χ4n) is 4.10. The molecule has 0 radical (unpaired) electrons. The Morgan fingerprint density at radius 1 is 0.623 bits per heavy atom. The van der Waals surface area contributed by atoms with Gasteiger partial charge in [0, 0.05) is 44.5 Å². The molecule has 5 amide bonds. The molecule has 0 spiro atoms. The lowest BCUT2D eigenvalue weighted by molar-refractivity contribution is -0.178. The van der Waals surface area contributed by atoms with E-state index >= 15 is 0 Å². The van der Waals surface area contributed by atoms with Gasteiger partial charge in [-0.15, -0.1) is 0 Å². The Balaban J connectivity index is 1.24. The molecule has 0 aromatic carbocycles. The third-order valence-corrected chi connectivity index (χ3v) is 6.88. The van der Waals surface area contributed by atoms with Crippen LogP contribution in [0, 0.1) is 5.92 Å². The van der Waals surface area contributed by atoms with Crippen molar-refractivity contribution in [1.82, 2.24) is 15.3 Å². The smallest absolute Gasteiger partial charge is 0.481 e. The zero-order valence-electron chi connectivity index (χ0n) is 29.6. The van der Waals surface area contributed by atoms with Crippen molar-refractivity contribution in [3.05, 3.63) is 12.2 Å². The number of aliphatic carboxylic acids is 1. The number of carboxylic acids is 1. The first-order valence-corrected chi connectivity index (χ1v) is 17.0. The summed E-state index contributed by atoms with van der Waals surface area (Å²) >= 11 is 0. The van der Waals surface area contributed by atoms with Gasteiger partial charge in [0.05, 0.1) is 106 Å². The van der Waals surface area contributed by atoms with Crippen LogP contribution in [0.1, 0.15) is 19.3 Å². The minimum Gasteiger partial charge on any atom is -0.481 e. The van der Waals surface area contributed by atoms with Crippen LogP contribution < -0.4 is 5.32 Å². The maximum Gasteiger partial charge on any atom is 0.533 e. The highest BCUT2D eigenvalue weighted by molar-refractivity contribution is 6.13. The van der Waals surface area contributed by atoms with E-state index in [9.17, 15) is 38.7 Å². The van der Waals surface area contributed by atoms with Gasteiger partial charge < -0.3 is 53.1 Å². The Kier molecular flexibility index (Phi) is 24.2. The molecular formula is C32H49N3O18. The fourth-order valence-corrected chi connectivity index (χ4v) is 4.10. The third kappa shape index (κ3) is 21.3. The number of nitrogens with one attached hydrogen (secondary N) is 1. The summed E-state index contributed by atoms with van der Waals surface area (Å²) in [5.41, 5.74) is 0. The van der Waals surface area contributed by atoms with Crippen molar-refractivity contribution in [3.63, 3.8) is 0 Å². The summed E-state index contributed by atoms with van der Waals surface area (Å²) in [6.07, 6.45) is 0.859. The number of nitrogens with zero attached hydrogens (tertiary/aromatic N) is 2. The molecule has 2 aliphatic rings.